The molecule has 0 fully saturated rings. The number of carbonyl (C=O) groups excluding carboxylic acids is 1. The Morgan fingerprint density at radius 2 is 1.85 bits per heavy atom. The lowest BCUT2D eigenvalue weighted by molar-refractivity contribution is -0.110. The van der Waals surface area contributed by atoms with Crippen LogP contribution in [0.3, 0.4) is 0 Å². The minimum atomic E-state index is -3.87. The van der Waals surface area contributed by atoms with E-state index in [2.05, 4.69) is 10.0 Å². The Morgan fingerprint density at radius 3 is 2.56 bits per heavy atom. The average molecular weight is 400 g/mol. The minimum absolute atomic E-state index is 0.0482. The molecule has 0 aliphatic carbocycles. The van der Waals surface area contributed by atoms with Crippen molar-refractivity contribution in [2.75, 3.05) is 10.0 Å². The summed E-state index contributed by atoms with van der Waals surface area (Å²) in [6.45, 7) is 0. The van der Waals surface area contributed by atoms with Crippen LogP contribution in [0.5, 0.6) is 0 Å². The third-order valence-electron chi connectivity index (χ3n) is 4.01. The number of sulfonamides is 1. The molecule has 0 saturated heterocycles. The lowest BCUT2D eigenvalue weighted by Crippen LogP contribution is -2.13. The Morgan fingerprint density at radius 1 is 1.07 bits per heavy atom. The van der Waals surface area contributed by atoms with Crippen LogP contribution < -0.4 is 10.0 Å². The van der Waals surface area contributed by atoms with Gasteiger partial charge in [0.05, 0.1) is 10.5 Å². The van der Waals surface area contributed by atoms with E-state index in [1.54, 1.807) is 24.3 Å². The second kappa shape index (κ2) is 6.64. The van der Waals surface area contributed by atoms with Gasteiger partial charge >= 0.3 is 0 Å². The second-order valence-corrected chi connectivity index (χ2v) is 8.51. The summed E-state index contributed by atoms with van der Waals surface area (Å²) in [6.07, 6.45) is 1.77. The molecular weight excluding hydrogens is 387 g/mol. The smallest absolute Gasteiger partial charge is 0.261 e. The number of carbonyl (C=O) groups is 1. The zero-order valence-electron chi connectivity index (χ0n) is 13.8. The molecule has 1 aliphatic heterocycles. The highest BCUT2D eigenvalue weighted by atomic mass is 32.2. The number of anilines is 2. The number of nitrogens with one attached hydrogen (secondary N) is 2. The number of rotatable bonds is 4. The molecule has 0 unspecified atom stereocenters. The van der Waals surface area contributed by atoms with Gasteiger partial charge in [0.25, 0.3) is 15.9 Å². The maximum atomic E-state index is 13.0. The highest BCUT2D eigenvalue weighted by Crippen LogP contribution is 2.36. The van der Waals surface area contributed by atoms with Gasteiger partial charge in [-0.15, -0.1) is 11.3 Å². The number of benzene rings is 2. The molecule has 2 N–H and O–H groups in total. The Hall–Kier alpha value is -2.97. The lowest BCUT2D eigenvalue weighted by Gasteiger charge is -2.09. The molecule has 1 amide bonds. The van der Waals surface area contributed by atoms with Gasteiger partial charge in [-0.25, -0.2) is 12.8 Å². The molecule has 8 heteroatoms. The summed E-state index contributed by atoms with van der Waals surface area (Å²) in [5, 5.41) is 4.68. The fourth-order valence-electron chi connectivity index (χ4n) is 2.74. The van der Waals surface area contributed by atoms with E-state index in [1.807, 2.05) is 17.5 Å². The Kier molecular flexibility index (Phi) is 4.29. The zero-order valence-corrected chi connectivity index (χ0v) is 15.4. The van der Waals surface area contributed by atoms with Gasteiger partial charge in [-0.3, -0.25) is 9.52 Å². The molecule has 0 saturated carbocycles. The van der Waals surface area contributed by atoms with E-state index in [-0.39, 0.29) is 10.8 Å². The maximum Gasteiger partial charge on any atom is 0.261 e. The molecule has 3 aromatic rings. The van der Waals surface area contributed by atoms with Crippen molar-refractivity contribution in [3.63, 3.8) is 0 Å². The summed E-state index contributed by atoms with van der Waals surface area (Å²) in [4.78, 5) is 13.1. The Labute approximate surface area is 159 Å². The van der Waals surface area contributed by atoms with E-state index in [4.69, 9.17) is 0 Å². The molecule has 0 spiro atoms. The first-order chi connectivity index (χ1) is 12.9. The fraction of sp³-hybridized carbons (Fsp3) is 0. The number of thiophene rings is 1. The van der Waals surface area contributed by atoms with Gasteiger partial charge in [0.2, 0.25) is 0 Å². The Balaban J connectivity index is 1.68. The molecule has 0 atom stereocenters. The van der Waals surface area contributed by atoms with Crippen molar-refractivity contribution in [1.82, 2.24) is 0 Å². The standard InChI is InChI=1S/C19H13FN2O3S2/c20-12-3-6-15(7-4-12)27(24,25)22-13-5-8-18-16(10-13)17(19(23)21-18)11-14-2-1-9-26-14/h1-11,22H,(H,21,23). The first-order valence-electron chi connectivity index (χ1n) is 7.92. The first kappa shape index (κ1) is 17.4. The van der Waals surface area contributed by atoms with Crippen LogP contribution in [-0.2, 0) is 14.8 Å². The van der Waals surface area contributed by atoms with Gasteiger partial charge in [0.1, 0.15) is 5.82 Å². The molecule has 136 valence electrons. The summed E-state index contributed by atoms with van der Waals surface area (Å²) in [5.41, 5.74) is 2.02. The number of amides is 1. The molecule has 5 nitrogen and oxygen atoms in total. The van der Waals surface area contributed by atoms with E-state index < -0.39 is 15.8 Å². The molecular formula is C19H13FN2O3S2. The van der Waals surface area contributed by atoms with Gasteiger partial charge in [-0.1, -0.05) is 6.07 Å². The second-order valence-electron chi connectivity index (χ2n) is 5.85. The number of hydrogen-bond donors (Lipinski definition) is 2. The average Bonchev–Trinajstić information content (AvgIpc) is 3.24. The van der Waals surface area contributed by atoms with Crippen molar-refractivity contribution < 1.29 is 17.6 Å². The topological polar surface area (TPSA) is 75.3 Å². The van der Waals surface area contributed by atoms with Gasteiger partial charge in [0, 0.05) is 21.8 Å². The van der Waals surface area contributed by atoms with Crippen LogP contribution in [0.1, 0.15) is 10.4 Å². The molecule has 0 radical (unpaired) electrons. The molecule has 27 heavy (non-hydrogen) atoms. The highest BCUT2D eigenvalue weighted by Gasteiger charge is 2.25. The fourth-order valence-corrected chi connectivity index (χ4v) is 4.45. The van der Waals surface area contributed by atoms with E-state index in [0.717, 1.165) is 17.0 Å². The quantitative estimate of drug-likeness (QED) is 0.645. The van der Waals surface area contributed by atoms with Crippen LogP contribution in [0.2, 0.25) is 0 Å². The van der Waals surface area contributed by atoms with E-state index in [9.17, 15) is 17.6 Å². The highest BCUT2D eigenvalue weighted by molar-refractivity contribution is 7.92. The number of halogens is 1. The van der Waals surface area contributed by atoms with Crippen molar-refractivity contribution >= 4 is 50.3 Å². The molecule has 1 aliphatic rings. The summed E-state index contributed by atoms with van der Waals surface area (Å²) in [7, 11) is -3.87. The van der Waals surface area contributed by atoms with Gasteiger partial charge < -0.3 is 5.32 Å². The van der Waals surface area contributed by atoms with Gasteiger partial charge in [-0.2, -0.15) is 0 Å². The van der Waals surface area contributed by atoms with Crippen LogP contribution in [0.15, 0.2) is 64.9 Å². The van der Waals surface area contributed by atoms with Crippen LogP contribution in [-0.4, -0.2) is 14.3 Å². The molecule has 2 aromatic carbocycles. The van der Waals surface area contributed by atoms with Gasteiger partial charge in [-0.05, 0) is 60.0 Å². The van der Waals surface area contributed by atoms with Crippen molar-refractivity contribution in [2.24, 2.45) is 0 Å². The third-order valence-corrected chi connectivity index (χ3v) is 6.23. The number of hydrogen-bond acceptors (Lipinski definition) is 4. The SMILES string of the molecule is O=C1Nc2ccc(NS(=O)(=O)c3ccc(F)cc3)cc2C1=Cc1cccs1. The zero-order chi connectivity index (χ0) is 19.0. The van der Waals surface area contributed by atoms with E-state index >= 15 is 0 Å². The van der Waals surface area contributed by atoms with Crippen molar-refractivity contribution in [3.8, 4) is 0 Å². The van der Waals surface area contributed by atoms with Crippen LogP contribution in [0.25, 0.3) is 11.6 Å². The normalized spacial score (nSPS) is 14.9. The molecule has 2 heterocycles. The van der Waals surface area contributed by atoms with Crippen LogP contribution in [0, 0.1) is 5.82 Å². The third kappa shape index (κ3) is 3.49. The summed E-state index contributed by atoms with van der Waals surface area (Å²) >= 11 is 1.50. The minimum Gasteiger partial charge on any atom is -0.321 e. The number of fused-ring (bicyclic) bond motifs is 1. The first-order valence-corrected chi connectivity index (χ1v) is 10.3. The Bertz CT molecular complexity index is 1150. The molecule has 0 bridgehead atoms. The molecule has 4 rings (SSSR count). The van der Waals surface area contributed by atoms with Crippen molar-refractivity contribution in [1.29, 1.82) is 0 Å². The van der Waals surface area contributed by atoms with Crippen LogP contribution >= 0.6 is 11.3 Å². The monoisotopic (exact) mass is 400 g/mol. The summed E-state index contributed by atoms with van der Waals surface area (Å²) in [5.74, 6) is -0.753. The largest absolute Gasteiger partial charge is 0.321 e. The van der Waals surface area contributed by atoms with Crippen molar-refractivity contribution in [3.05, 3.63) is 76.2 Å². The van der Waals surface area contributed by atoms with Crippen LogP contribution in [0.4, 0.5) is 15.8 Å². The van der Waals surface area contributed by atoms with Crippen molar-refractivity contribution in [2.45, 2.75) is 4.90 Å². The van der Waals surface area contributed by atoms with E-state index in [1.165, 1.54) is 23.5 Å². The molecule has 1 aromatic heterocycles. The predicted octanol–water partition coefficient (Wildman–Crippen LogP) is 4.18. The van der Waals surface area contributed by atoms with Gasteiger partial charge in [0.15, 0.2) is 0 Å². The maximum absolute atomic E-state index is 13.0. The summed E-state index contributed by atoms with van der Waals surface area (Å²) < 4.78 is 40.5. The lowest BCUT2D eigenvalue weighted by atomic mass is 10.1. The predicted molar refractivity (Wildman–Crippen MR) is 104 cm³/mol. The van der Waals surface area contributed by atoms with E-state index in [0.29, 0.717) is 22.5 Å². The summed E-state index contributed by atoms with van der Waals surface area (Å²) in [6, 6.07) is 13.1.